The number of nitrogens with one attached hydrogen (secondary N) is 2. The Morgan fingerprint density at radius 3 is 2.63 bits per heavy atom. The largest absolute Gasteiger partial charge is 0.370 e. The van der Waals surface area contributed by atoms with Crippen LogP contribution in [0, 0.1) is 5.92 Å². The number of halogens is 1. The molecule has 0 unspecified atom stereocenters. The van der Waals surface area contributed by atoms with Crippen LogP contribution in [0.3, 0.4) is 0 Å². The van der Waals surface area contributed by atoms with Crippen molar-refractivity contribution in [1.82, 2.24) is 10.3 Å². The normalized spacial score (nSPS) is 11.0. The highest BCUT2D eigenvalue weighted by Crippen LogP contribution is 2.19. The zero-order valence-electron chi connectivity index (χ0n) is 12.3. The molecule has 0 aliphatic heterocycles. The van der Waals surface area contributed by atoms with Crippen LogP contribution in [0.5, 0.6) is 0 Å². The average Bonchev–Trinajstić information content (AvgIpc) is 2.42. The number of pyridine rings is 1. The molecule has 0 aliphatic rings. The predicted octanol–water partition coefficient (Wildman–Crippen LogP) is 4.19. The van der Waals surface area contributed by atoms with E-state index in [0.717, 1.165) is 42.3 Å². The Balaban J connectivity index is 2.64. The smallest absolute Gasteiger partial charge is 0.130 e. The molecule has 108 valence electrons. The van der Waals surface area contributed by atoms with Crippen molar-refractivity contribution in [3.8, 4) is 0 Å². The van der Waals surface area contributed by atoms with Gasteiger partial charge in [0.05, 0.1) is 0 Å². The zero-order chi connectivity index (χ0) is 14.1. The van der Waals surface area contributed by atoms with Gasteiger partial charge in [-0.2, -0.15) is 0 Å². The van der Waals surface area contributed by atoms with Crippen molar-refractivity contribution in [2.45, 2.75) is 46.6 Å². The van der Waals surface area contributed by atoms with Gasteiger partial charge >= 0.3 is 0 Å². The summed E-state index contributed by atoms with van der Waals surface area (Å²) < 4.78 is 1.04. The fourth-order valence-electron chi connectivity index (χ4n) is 1.99. The van der Waals surface area contributed by atoms with Crippen LogP contribution in [-0.4, -0.2) is 18.1 Å². The van der Waals surface area contributed by atoms with E-state index in [2.05, 4.69) is 58.4 Å². The summed E-state index contributed by atoms with van der Waals surface area (Å²) in [6.07, 6.45) is 5.43. The number of nitrogens with zero attached hydrogens (tertiary/aromatic N) is 1. The van der Waals surface area contributed by atoms with Crippen LogP contribution in [-0.2, 0) is 6.54 Å². The molecule has 0 aliphatic carbocycles. The molecule has 0 atom stereocenters. The van der Waals surface area contributed by atoms with Crippen molar-refractivity contribution in [2.75, 3.05) is 18.4 Å². The summed E-state index contributed by atoms with van der Waals surface area (Å²) in [5, 5.41) is 6.93. The molecule has 4 heteroatoms. The lowest BCUT2D eigenvalue weighted by molar-refractivity contribution is 0.518. The van der Waals surface area contributed by atoms with Gasteiger partial charge in [0.2, 0.25) is 0 Å². The first-order valence-corrected chi connectivity index (χ1v) is 8.09. The van der Waals surface area contributed by atoms with Crippen LogP contribution in [0.15, 0.2) is 16.7 Å². The Bertz CT molecular complexity index is 364. The Hall–Kier alpha value is -0.610. The van der Waals surface area contributed by atoms with Crippen LogP contribution in [0.2, 0.25) is 0 Å². The van der Waals surface area contributed by atoms with Gasteiger partial charge in [-0.05, 0) is 40.9 Å². The maximum absolute atomic E-state index is 4.50. The van der Waals surface area contributed by atoms with Gasteiger partial charge < -0.3 is 10.6 Å². The van der Waals surface area contributed by atoms with E-state index in [1.54, 1.807) is 0 Å². The Morgan fingerprint density at radius 1 is 1.26 bits per heavy atom. The molecule has 0 aromatic carbocycles. The molecule has 0 saturated heterocycles. The van der Waals surface area contributed by atoms with Crippen molar-refractivity contribution >= 4 is 21.7 Å². The van der Waals surface area contributed by atoms with E-state index < -0.39 is 0 Å². The van der Waals surface area contributed by atoms with Crippen LogP contribution < -0.4 is 10.6 Å². The molecule has 0 radical (unpaired) electrons. The Morgan fingerprint density at radius 2 is 2.00 bits per heavy atom. The lowest BCUT2D eigenvalue weighted by atomic mass is 10.0. The Labute approximate surface area is 125 Å². The van der Waals surface area contributed by atoms with Crippen LogP contribution >= 0.6 is 15.9 Å². The fourth-order valence-corrected chi connectivity index (χ4v) is 2.37. The molecule has 1 heterocycles. The highest BCUT2D eigenvalue weighted by atomic mass is 79.9. The molecular formula is C15H26BrN3. The molecule has 2 N–H and O–H groups in total. The number of hydrogen-bond acceptors (Lipinski definition) is 3. The first-order chi connectivity index (χ1) is 9.21. The molecule has 1 aromatic rings. The number of hydrogen-bond donors (Lipinski definition) is 2. The fraction of sp³-hybridized carbons (Fsp3) is 0.667. The predicted molar refractivity (Wildman–Crippen MR) is 86.5 cm³/mol. The highest BCUT2D eigenvalue weighted by Gasteiger charge is 2.07. The lowest BCUT2D eigenvalue weighted by Crippen LogP contribution is -2.18. The lowest BCUT2D eigenvalue weighted by Gasteiger charge is -2.16. The van der Waals surface area contributed by atoms with Crippen molar-refractivity contribution in [2.24, 2.45) is 5.92 Å². The molecule has 0 amide bonds. The minimum absolute atomic E-state index is 0.724. The maximum atomic E-state index is 4.50. The average molecular weight is 328 g/mol. The van der Waals surface area contributed by atoms with Gasteiger partial charge in [-0.25, -0.2) is 4.98 Å². The summed E-state index contributed by atoms with van der Waals surface area (Å²) in [6.45, 7) is 9.58. The van der Waals surface area contributed by atoms with Gasteiger partial charge in [0.25, 0.3) is 0 Å². The molecule has 0 saturated carbocycles. The van der Waals surface area contributed by atoms with E-state index >= 15 is 0 Å². The van der Waals surface area contributed by atoms with E-state index in [1.165, 1.54) is 18.4 Å². The third-order valence-corrected chi connectivity index (χ3v) is 3.82. The molecular weight excluding hydrogens is 302 g/mol. The third-order valence-electron chi connectivity index (χ3n) is 3.39. The summed E-state index contributed by atoms with van der Waals surface area (Å²) in [6, 6.07) is 2.14. The maximum Gasteiger partial charge on any atom is 0.130 e. The second-order valence-corrected chi connectivity index (χ2v) is 5.82. The van der Waals surface area contributed by atoms with E-state index in [-0.39, 0.29) is 0 Å². The summed E-state index contributed by atoms with van der Waals surface area (Å²) in [7, 11) is 0. The van der Waals surface area contributed by atoms with E-state index in [1.807, 2.05) is 6.20 Å². The summed E-state index contributed by atoms with van der Waals surface area (Å²) in [5.74, 6) is 1.74. The summed E-state index contributed by atoms with van der Waals surface area (Å²) >= 11 is 3.49. The molecule has 1 rings (SSSR count). The van der Waals surface area contributed by atoms with Gasteiger partial charge in [0.15, 0.2) is 0 Å². The van der Waals surface area contributed by atoms with Crippen molar-refractivity contribution < 1.29 is 0 Å². The van der Waals surface area contributed by atoms with Gasteiger partial charge in [0, 0.05) is 29.3 Å². The monoisotopic (exact) mass is 327 g/mol. The first-order valence-electron chi connectivity index (χ1n) is 7.30. The van der Waals surface area contributed by atoms with Crippen LogP contribution in [0.4, 0.5) is 5.82 Å². The molecule has 0 spiro atoms. The number of rotatable bonds is 9. The van der Waals surface area contributed by atoms with Crippen LogP contribution in [0.1, 0.15) is 45.6 Å². The van der Waals surface area contributed by atoms with E-state index in [4.69, 9.17) is 0 Å². The van der Waals surface area contributed by atoms with Crippen LogP contribution in [0.25, 0.3) is 0 Å². The molecule has 0 fully saturated rings. The molecule has 0 bridgehead atoms. The molecule has 3 nitrogen and oxygen atoms in total. The third kappa shape index (κ3) is 5.91. The molecule has 1 aromatic heterocycles. The second-order valence-electron chi connectivity index (χ2n) is 4.90. The van der Waals surface area contributed by atoms with E-state index in [9.17, 15) is 0 Å². The zero-order valence-corrected chi connectivity index (χ0v) is 13.9. The molecule has 19 heavy (non-hydrogen) atoms. The first kappa shape index (κ1) is 16.4. The van der Waals surface area contributed by atoms with E-state index in [0.29, 0.717) is 0 Å². The SMILES string of the molecule is CCCNCc1cc(Br)cnc1NCC(CC)CC. The standard InChI is InChI=1S/C15H26BrN3/c1-4-7-17-10-13-8-14(16)11-19-15(13)18-9-12(5-2)6-3/h8,11-12,17H,4-7,9-10H2,1-3H3,(H,18,19). The van der Waals surface area contributed by atoms with Gasteiger partial charge in [-0.1, -0.05) is 33.6 Å². The van der Waals surface area contributed by atoms with Crippen molar-refractivity contribution in [1.29, 1.82) is 0 Å². The topological polar surface area (TPSA) is 37.0 Å². The quantitative estimate of drug-likeness (QED) is 0.667. The summed E-state index contributed by atoms with van der Waals surface area (Å²) in [4.78, 5) is 4.50. The minimum Gasteiger partial charge on any atom is -0.370 e. The van der Waals surface area contributed by atoms with Gasteiger partial charge in [0.1, 0.15) is 5.82 Å². The minimum atomic E-state index is 0.724. The number of anilines is 1. The van der Waals surface area contributed by atoms with Gasteiger partial charge in [-0.15, -0.1) is 0 Å². The second kappa shape index (κ2) is 9.32. The van der Waals surface area contributed by atoms with Crippen molar-refractivity contribution in [3.63, 3.8) is 0 Å². The summed E-state index contributed by atoms with van der Waals surface area (Å²) in [5.41, 5.74) is 1.23. The van der Waals surface area contributed by atoms with Gasteiger partial charge in [-0.3, -0.25) is 0 Å². The number of aromatic nitrogens is 1. The Kier molecular flexibility index (Phi) is 8.07. The highest BCUT2D eigenvalue weighted by molar-refractivity contribution is 9.10. The van der Waals surface area contributed by atoms with Crippen molar-refractivity contribution in [3.05, 3.63) is 22.3 Å².